The van der Waals surface area contributed by atoms with E-state index >= 15 is 0 Å². The molecule has 2 heterocycles. The van der Waals surface area contributed by atoms with Crippen molar-refractivity contribution in [1.29, 1.82) is 0 Å². The monoisotopic (exact) mass is 351 g/mol. The maximum atomic E-state index is 5.59. The molecule has 4 heteroatoms. The molecule has 1 unspecified atom stereocenters. The Morgan fingerprint density at radius 2 is 1.85 bits per heavy atom. The number of piperazine rings is 1. The van der Waals surface area contributed by atoms with Gasteiger partial charge >= 0.3 is 0 Å². The van der Waals surface area contributed by atoms with E-state index in [0.717, 1.165) is 58.0 Å². The Bertz CT molecular complexity index is 711. The summed E-state index contributed by atoms with van der Waals surface area (Å²) in [5.41, 5.74) is 4.06. The van der Waals surface area contributed by atoms with Crippen LogP contribution >= 0.6 is 0 Å². The van der Waals surface area contributed by atoms with Crippen molar-refractivity contribution in [2.75, 3.05) is 44.2 Å². The molecule has 2 aliphatic heterocycles. The Kier molecular flexibility index (Phi) is 5.42. The molecule has 1 saturated heterocycles. The largest absolute Gasteiger partial charge is 0.493 e. The first kappa shape index (κ1) is 17.4. The zero-order chi connectivity index (χ0) is 17.8. The van der Waals surface area contributed by atoms with E-state index < -0.39 is 0 Å². The van der Waals surface area contributed by atoms with Crippen LogP contribution in [0.4, 0.5) is 5.69 Å². The SMILES string of the molecule is CC(CNCc1ccc2c(c1)CCO2)N1CCN(c2ccccc2)CC1. The molecule has 0 spiro atoms. The van der Waals surface area contributed by atoms with Crippen molar-refractivity contribution in [1.82, 2.24) is 10.2 Å². The van der Waals surface area contributed by atoms with Gasteiger partial charge in [-0.3, -0.25) is 4.90 Å². The predicted molar refractivity (Wildman–Crippen MR) is 107 cm³/mol. The number of anilines is 1. The quantitative estimate of drug-likeness (QED) is 0.866. The van der Waals surface area contributed by atoms with Crippen LogP contribution in [0.3, 0.4) is 0 Å². The summed E-state index contributed by atoms with van der Waals surface area (Å²) in [6.07, 6.45) is 1.05. The van der Waals surface area contributed by atoms with Gasteiger partial charge in [-0.1, -0.05) is 30.3 Å². The number of hydrogen-bond acceptors (Lipinski definition) is 4. The van der Waals surface area contributed by atoms with Gasteiger partial charge in [-0.2, -0.15) is 0 Å². The molecule has 0 radical (unpaired) electrons. The summed E-state index contributed by atoms with van der Waals surface area (Å²) in [5, 5.41) is 3.64. The number of rotatable bonds is 6. The Labute approximate surface area is 156 Å². The van der Waals surface area contributed by atoms with Gasteiger partial charge < -0.3 is 15.0 Å². The highest BCUT2D eigenvalue weighted by atomic mass is 16.5. The van der Waals surface area contributed by atoms with E-state index in [9.17, 15) is 0 Å². The standard InChI is InChI=1S/C22H29N3O/c1-18(16-23-17-19-7-8-22-20(15-19)9-14-26-22)24-10-12-25(13-11-24)21-5-3-2-4-6-21/h2-8,15,18,23H,9-14,16-17H2,1H3. The maximum Gasteiger partial charge on any atom is 0.122 e. The summed E-state index contributed by atoms with van der Waals surface area (Å²) in [4.78, 5) is 5.09. The van der Waals surface area contributed by atoms with Crippen molar-refractivity contribution >= 4 is 5.69 Å². The van der Waals surface area contributed by atoms with Gasteiger partial charge in [-0.15, -0.1) is 0 Å². The molecule has 26 heavy (non-hydrogen) atoms. The molecule has 4 nitrogen and oxygen atoms in total. The van der Waals surface area contributed by atoms with Crippen LogP contribution in [0.2, 0.25) is 0 Å². The molecule has 1 fully saturated rings. The van der Waals surface area contributed by atoms with Crippen molar-refractivity contribution in [3.63, 3.8) is 0 Å². The van der Waals surface area contributed by atoms with Crippen LogP contribution in [0, 0.1) is 0 Å². The average Bonchev–Trinajstić information content (AvgIpc) is 3.16. The Morgan fingerprint density at radius 1 is 1.04 bits per heavy atom. The fraction of sp³-hybridized carbons (Fsp3) is 0.455. The highest BCUT2D eigenvalue weighted by Gasteiger charge is 2.21. The maximum absolute atomic E-state index is 5.59. The first-order valence-corrected chi connectivity index (χ1v) is 9.79. The number of hydrogen-bond donors (Lipinski definition) is 1. The third-order valence-electron chi connectivity index (χ3n) is 5.58. The summed E-state index contributed by atoms with van der Waals surface area (Å²) in [6.45, 7) is 9.61. The van der Waals surface area contributed by atoms with E-state index in [1.165, 1.54) is 16.8 Å². The average molecular weight is 351 g/mol. The van der Waals surface area contributed by atoms with E-state index in [4.69, 9.17) is 4.74 Å². The smallest absolute Gasteiger partial charge is 0.122 e. The summed E-state index contributed by atoms with van der Waals surface area (Å²) in [7, 11) is 0. The minimum atomic E-state index is 0.561. The van der Waals surface area contributed by atoms with Crippen molar-refractivity contribution < 1.29 is 4.74 Å². The van der Waals surface area contributed by atoms with Crippen molar-refractivity contribution in [3.8, 4) is 5.75 Å². The van der Waals surface area contributed by atoms with Gasteiger partial charge in [0.1, 0.15) is 5.75 Å². The van der Waals surface area contributed by atoms with Crippen molar-refractivity contribution in [3.05, 3.63) is 59.7 Å². The van der Waals surface area contributed by atoms with Crippen LogP contribution in [-0.4, -0.2) is 50.3 Å². The number of nitrogens with one attached hydrogen (secondary N) is 1. The molecule has 0 aromatic heterocycles. The molecule has 1 N–H and O–H groups in total. The number of benzene rings is 2. The molecule has 0 bridgehead atoms. The van der Waals surface area contributed by atoms with E-state index in [1.807, 2.05) is 0 Å². The Hall–Kier alpha value is -2.04. The highest BCUT2D eigenvalue weighted by Crippen LogP contribution is 2.25. The number of fused-ring (bicyclic) bond motifs is 1. The molecule has 0 saturated carbocycles. The number of para-hydroxylation sites is 1. The topological polar surface area (TPSA) is 27.7 Å². The third kappa shape index (κ3) is 4.02. The van der Waals surface area contributed by atoms with Crippen LogP contribution in [0.15, 0.2) is 48.5 Å². The molecule has 2 aromatic rings. The van der Waals surface area contributed by atoms with Gasteiger partial charge in [-0.05, 0) is 36.2 Å². The molecule has 2 aromatic carbocycles. The summed E-state index contributed by atoms with van der Waals surface area (Å²) in [6, 6.07) is 17.9. The lowest BCUT2D eigenvalue weighted by atomic mass is 10.1. The van der Waals surface area contributed by atoms with Crippen LogP contribution in [0.5, 0.6) is 5.75 Å². The molecule has 4 rings (SSSR count). The zero-order valence-corrected chi connectivity index (χ0v) is 15.7. The second-order valence-corrected chi connectivity index (χ2v) is 7.38. The van der Waals surface area contributed by atoms with Crippen LogP contribution < -0.4 is 15.0 Å². The minimum Gasteiger partial charge on any atom is -0.493 e. The second-order valence-electron chi connectivity index (χ2n) is 7.38. The fourth-order valence-corrected chi connectivity index (χ4v) is 3.96. The van der Waals surface area contributed by atoms with Gasteiger partial charge in [-0.25, -0.2) is 0 Å². The lowest BCUT2D eigenvalue weighted by Gasteiger charge is -2.39. The van der Waals surface area contributed by atoms with Crippen LogP contribution in [0.25, 0.3) is 0 Å². The third-order valence-corrected chi connectivity index (χ3v) is 5.58. The summed E-state index contributed by atoms with van der Waals surface area (Å²) < 4.78 is 5.59. The van der Waals surface area contributed by atoms with E-state index in [2.05, 4.69) is 70.6 Å². The molecule has 1 atom stereocenters. The molecule has 0 amide bonds. The first-order chi connectivity index (χ1) is 12.8. The first-order valence-electron chi connectivity index (χ1n) is 9.79. The summed E-state index contributed by atoms with van der Waals surface area (Å²) in [5.74, 6) is 1.07. The van der Waals surface area contributed by atoms with Gasteiger partial charge in [0.2, 0.25) is 0 Å². The number of ether oxygens (including phenoxy) is 1. The predicted octanol–water partition coefficient (Wildman–Crippen LogP) is 2.92. The van der Waals surface area contributed by atoms with Crippen LogP contribution in [-0.2, 0) is 13.0 Å². The summed E-state index contributed by atoms with van der Waals surface area (Å²) >= 11 is 0. The van der Waals surface area contributed by atoms with Crippen molar-refractivity contribution in [2.24, 2.45) is 0 Å². The second kappa shape index (κ2) is 8.11. The molecule has 0 aliphatic carbocycles. The Morgan fingerprint density at radius 3 is 2.65 bits per heavy atom. The molecule has 138 valence electrons. The number of nitrogens with zero attached hydrogens (tertiary/aromatic N) is 2. The Balaban J connectivity index is 1.21. The van der Waals surface area contributed by atoms with E-state index in [0.29, 0.717) is 6.04 Å². The highest BCUT2D eigenvalue weighted by molar-refractivity contribution is 5.46. The van der Waals surface area contributed by atoms with Gasteiger partial charge in [0, 0.05) is 57.4 Å². The van der Waals surface area contributed by atoms with E-state index in [-0.39, 0.29) is 0 Å². The van der Waals surface area contributed by atoms with Gasteiger partial charge in [0.15, 0.2) is 0 Å². The van der Waals surface area contributed by atoms with Gasteiger partial charge in [0.05, 0.1) is 6.61 Å². The van der Waals surface area contributed by atoms with Crippen LogP contribution in [0.1, 0.15) is 18.1 Å². The zero-order valence-electron chi connectivity index (χ0n) is 15.7. The lowest BCUT2D eigenvalue weighted by molar-refractivity contribution is 0.193. The fourth-order valence-electron chi connectivity index (χ4n) is 3.96. The van der Waals surface area contributed by atoms with Gasteiger partial charge in [0.25, 0.3) is 0 Å². The molecular formula is C22H29N3O. The normalized spacial score (nSPS) is 18.4. The van der Waals surface area contributed by atoms with Crippen molar-refractivity contribution in [2.45, 2.75) is 25.9 Å². The minimum absolute atomic E-state index is 0.561. The molecule has 2 aliphatic rings. The lowest BCUT2D eigenvalue weighted by Crippen LogP contribution is -2.51. The van der Waals surface area contributed by atoms with E-state index in [1.54, 1.807) is 0 Å². The molecular weight excluding hydrogens is 322 g/mol.